The van der Waals surface area contributed by atoms with Crippen molar-refractivity contribution in [1.29, 1.82) is 0 Å². The van der Waals surface area contributed by atoms with E-state index in [9.17, 15) is 0 Å². The van der Waals surface area contributed by atoms with Crippen LogP contribution in [0.5, 0.6) is 0 Å². The van der Waals surface area contributed by atoms with Gasteiger partial charge < -0.3 is 14.8 Å². The number of rotatable bonds is 7. The van der Waals surface area contributed by atoms with Crippen LogP contribution in [0, 0.1) is 11.3 Å². The summed E-state index contributed by atoms with van der Waals surface area (Å²) in [6.07, 6.45) is 5.88. The van der Waals surface area contributed by atoms with Gasteiger partial charge in [-0.2, -0.15) is 0 Å². The van der Waals surface area contributed by atoms with Crippen LogP contribution in [0.2, 0.25) is 0 Å². The highest BCUT2D eigenvalue weighted by molar-refractivity contribution is 5.00. The summed E-state index contributed by atoms with van der Waals surface area (Å²) in [4.78, 5) is 0. The molecule has 19 heavy (non-hydrogen) atoms. The minimum Gasteiger partial charge on any atom is -0.385 e. The van der Waals surface area contributed by atoms with Crippen LogP contribution in [0.15, 0.2) is 0 Å². The van der Waals surface area contributed by atoms with Gasteiger partial charge in [-0.3, -0.25) is 0 Å². The lowest BCUT2D eigenvalue weighted by molar-refractivity contribution is -0.0974. The average molecular weight is 271 g/mol. The fourth-order valence-electron chi connectivity index (χ4n) is 3.53. The molecule has 114 valence electrons. The van der Waals surface area contributed by atoms with Gasteiger partial charge in [0.15, 0.2) is 0 Å². The summed E-state index contributed by atoms with van der Waals surface area (Å²) in [7, 11) is 5.72. The zero-order valence-electron chi connectivity index (χ0n) is 13.7. The number of hydrogen-bond acceptors (Lipinski definition) is 3. The number of nitrogens with one attached hydrogen (secondary N) is 1. The van der Waals surface area contributed by atoms with E-state index in [1.807, 2.05) is 7.11 Å². The monoisotopic (exact) mass is 271 g/mol. The van der Waals surface area contributed by atoms with Crippen molar-refractivity contribution in [3.05, 3.63) is 0 Å². The molecular weight excluding hydrogens is 238 g/mol. The fourth-order valence-corrected chi connectivity index (χ4v) is 3.53. The molecule has 0 aromatic heterocycles. The molecule has 0 saturated heterocycles. The first-order valence-corrected chi connectivity index (χ1v) is 7.62. The first-order chi connectivity index (χ1) is 8.90. The molecule has 0 aromatic rings. The molecule has 1 rings (SSSR count). The molecular formula is C16H33NO2. The van der Waals surface area contributed by atoms with Crippen LogP contribution in [0.1, 0.15) is 52.9 Å². The molecule has 3 heteroatoms. The summed E-state index contributed by atoms with van der Waals surface area (Å²) >= 11 is 0. The molecule has 1 saturated carbocycles. The first kappa shape index (κ1) is 16.9. The topological polar surface area (TPSA) is 30.5 Å². The van der Waals surface area contributed by atoms with Gasteiger partial charge in [-0.1, -0.05) is 20.8 Å². The second-order valence-electron chi connectivity index (χ2n) is 6.96. The van der Waals surface area contributed by atoms with Gasteiger partial charge in [0.25, 0.3) is 0 Å². The Kier molecular flexibility index (Phi) is 6.28. The Balaban J connectivity index is 2.75. The van der Waals surface area contributed by atoms with E-state index in [2.05, 4.69) is 33.1 Å². The third-order valence-corrected chi connectivity index (χ3v) is 5.08. The van der Waals surface area contributed by atoms with Gasteiger partial charge in [0.05, 0.1) is 5.60 Å². The standard InChI is InChI=1S/C16H33NO2/c1-13(7-12-18-5)14(17-4)16(19-6)10-8-15(2,3)9-11-16/h13-14,17H,7-12H2,1-6H3. The SMILES string of the molecule is CNC(C(C)CCOC)C1(OC)CCC(C)(C)CC1. The number of methoxy groups -OCH3 is 2. The molecule has 0 aromatic carbocycles. The van der Waals surface area contributed by atoms with Gasteiger partial charge in [0.1, 0.15) is 0 Å². The van der Waals surface area contributed by atoms with Crippen LogP contribution in [-0.4, -0.2) is 39.5 Å². The smallest absolute Gasteiger partial charge is 0.0833 e. The third kappa shape index (κ3) is 4.17. The summed E-state index contributed by atoms with van der Waals surface area (Å²) in [5.74, 6) is 0.561. The predicted octanol–water partition coefficient (Wildman–Crippen LogP) is 3.23. The van der Waals surface area contributed by atoms with Crippen LogP contribution in [0.25, 0.3) is 0 Å². The second kappa shape index (κ2) is 7.05. The average Bonchev–Trinajstić information content (AvgIpc) is 2.39. The zero-order valence-corrected chi connectivity index (χ0v) is 13.7. The van der Waals surface area contributed by atoms with Gasteiger partial charge >= 0.3 is 0 Å². The van der Waals surface area contributed by atoms with Crippen LogP contribution >= 0.6 is 0 Å². The summed E-state index contributed by atoms with van der Waals surface area (Å²) in [5.41, 5.74) is 0.466. The van der Waals surface area contributed by atoms with Gasteiger partial charge in [-0.25, -0.2) is 0 Å². The second-order valence-corrected chi connectivity index (χ2v) is 6.96. The van der Waals surface area contributed by atoms with E-state index in [0.717, 1.165) is 25.9 Å². The number of likely N-dealkylation sites (N-methyl/N-ethyl adjacent to an activating group) is 1. The van der Waals surface area contributed by atoms with E-state index in [0.29, 0.717) is 17.4 Å². The van der Waals surface area contributed by atoms with Crippen LogP contribution in [0.3, 0.4) is 0 Å². The van der Waals surface area contributed by atoms with Crippen molar-refractivity contribution in [3.63, 3.8) is 0 Å². The number of hydrogen-bond donors (Lipinski definition) is 1. The number of ether oxygens (including phenoxy) is 2. The van der Waals surface area contributed by atoms with Crippen LogP contribution in [0.4, 0.5) is 0 Å². The molecule has 0 bridgehead atoms. The summed E-state index contributed by atoms with van der Waals surface area (Å²) in [6, 6.07) is 0.406. The van der Waals surface area contributed by atoms with Crippen molar-refractivity contribution >= 4 is 0 Å². The highest BCUT2D eigenvalue weighted by atomic mass is 16.5. The maximum absolute atomic E-state index is 6.02. The molecule has 0 spiro atoms. The lowest BCUT2D eigenvalue weighted by Crippen LogP contribution is -2.56. The lowest BCUT2D eigenvalue weighted by atomic mass is 9.66. The van der Waals surface area contributed by atoms with Crippen molar-refractivity contribution in [3.8, 4) is 0 Å². The minimum atomic E-state index is -0.00255. The van der Waals surface area contributed by atoms with E-state index in [1.54, 1.807) is 7.11 Å². The highest BCUT2D eigenvalue weighted by Gasteiger charge is 2.45. The molecule has 1 fully saturated rings. The first-order valence-electron chi connectivity index (χ1n) is 7.62. The molecule has 2 unspecified atom stereocenters. The largest absolute Gasteiger partial charge is 0.385 e. The summed E-state index contributed by atoms with van der Waals surface area (Å²) in [5, 5.41) is 3.52. The van der Waals surface area contributed by atoms with Crippen LogP contribution in [-0.2, 0) is 9.47 Å². The van der Waals surface area contributed by atoms with Crippen molar-refractivity contribution in [2.45, 2.75) is 64.5 Å². The fraction of sp³-hybridized carbons (Fsp3) is 1.00. The molecule has 1 aliphatic rings. The van der Waals surface area contributed by atoms with Gasteiger partial charge in [-0.05, 0) is 50.5 Å². The Morgan fingerprint density at radius 3 is 2.11 bits per heavy atom. The van der Waals surface area contributed by atoms with E-state index in [4.69, 9.17) is 9.47 Å². The van der Waals surface area contributed by atoms with E-state index in [1.165, 1.54) is 12.8 Å². The van der Waals surface area contributed by atoms with E-state index >= 15 is 0 Å². The van der Waals surface area contributed by atoms with Crippen molar-refractivity contribution in [2.24, 2.45) is 11.3 Å². The van der Waals surface area contributed by atoms with Crippen LogP contribution < -0.4 is 5.32 Å². The lowest BCUT2D eigenvalue weighted by Gasteiger charge is -2.48. The predicted molar refractivity (Wildman–Crippen MR) is 80.5 cm³/mol. The van der Waals surface area contributed by atoms with Gasteiger partial charge in [0, 0.05) is 26.9 Å². The zero-order chi connectivity index (χ0) is 14.5. The van der Waals surface area contributed by atoms with E-state index in [-0.39, 0.29) is 5.60 Å². The highest BCUT2D eigenvalue weighted by Crippen LogP contribution is 2.44. The molecule has 0 aliphatic heterocycles. The Bertz CT molecular complexity index is 255. The Hall–Kier alpha value is -0.120. The van der Waals surface area contributed by atoms with E-state index < -0.39 is 0 Å². The minimum absolute atomic E-state index is 0.00255. The van der Waals surface area contributed by atoms with Crippen molar-refractivity contribution < 1.29 is 9.47 Å². The maximum Gasteiger partial charge on any atom is 0.0833 e. The molecule has 3 nitrogen and oxygen atoms in total. The summed E-state index contributed by atoms with van der Waals surface area (Å²) < 4.78 is 11.2. The molecule has 0 heterocycles. The molecule has 1 N–H and O–H groups in total. The Morgan fingerprint density at radius 2 is 1.68 bits per heavy atom. The molecule has 1 aliphatic carbocycles. The normalized spacial score (nSPS) is 24.9. The maximum atomic E-state index is 6.02. The van der Waals surface area contributed by atoms with Crippen molar-refractivity contribution in [1.82, 2.24) is 5.32 Å². The third-order valence-electron chi connectivity index (χ3n) is 5.08. The Morgan fingerprint density at radius 1 is 1.11 bits per heavy atom. The van der Waals surface area contributed by atoms with Crippen molar-refractivity contribution in [2.75, 3.05) is 27.9 Å². The van der Waals surface area contributed by atoms with Gasteiger partial charge in [-0.15, -0.1) is 0 Å². The molecule has 0 amide bonds. The summed E-state index contributed by atoms with van der Waals surface area (Å²) in [6.45, 7) is 7.87. The molecule has 0 radical (unpaired) electrons. The van der Waals surface area contributed by atoms with Gasteiger partial charge in [0.2, 0.25) is 0 Å². The quantitative estimate of drug-likeness (QED) is 0.771. The molecule has 2 atom stereocenters. The Labute approximate surface area is 119 Å².